The first-order valence-corrected chi connectivity index (χ1v) is 10.7. The molecule has 0 bridgehead atoms. The Morgan fingerprint density at radius 1 is 1.33 bits per heavy atom. The summed E-state index contributed by atoms with van der Waals surface area (Å²) >= 11 is 0. The van der Waals surface area contributed by atoms with Gasteiger partial charge in [0.25, 0.3) is 0 Å². The topological polar surface area (TPSA) is 79.1 Å². The van der Waals surface area contributed by atoms with E-state index < -0.39 is 0 Å². The lowest BCUT2D eigenvalue weighted by molar-refractivity contribution is -0.138. The number of para-hydroxylation sites is 1. The highest BCUT2D eigenvalue weighted by molar-refractivity contribution is 5.86. The normalized spacial score (nSPS) is 17.0. The molecule has 1 aliphatic rings. The van der Waals surface area contributed by atoms with Crippen LogP contribution in [0.1, 0.15) is 51.3 Å². The molecule has 1 aromatic heterocycles. The van der Waals surface area contributed by atoms with Crippen LogP contribution < -0.4 is 15.4 Å². The molecule has 2 N–H and O–H groups in total. The van der Waals surface area contributed by atoms with Crippen molar-refractivity contribution in [3.63, 3.8) is 0 Å². The predicted octanol–water partition coefficient (Wildman–Crippen LogP) is 3.71. The first-order chi connectivity index (χ1) is 14.4. The van der Waals surface area contributed by atoms with Gasteiger partial charge in [-0.25, -0.2) is 0 Å². The number of aliphatic imine (C=N–C) groups is 1. The Balaban J connectivity index is 1.69. The third-order valence-electron chi connectivity index (χ3n) is 5.85. The minimum Gasteiger partial charge on any atom is -0.490 e. The summed E-state index contributed by atoms with van der Waals surface area (Å²) < 4.78 is 11.8. The molecule has 1 fully saturated rings. The molecule has 1 saturated carbocycles. The number of nitrogens with zero attached hydrogens (tertiary/aromatic N) is 2. The number of furan rings is 1. The molecule has 3 rings (SSSR count). The second-order valence-electron chi connectivity index (χ2n) is 8.24. The van der Waals surface area contributed by atoms with Crippen LogP contribution >= 0.6 is 0 Å². The fourth-order valence-electron chi connectivity index (χ4n) is 4.25. The van der Waals surface area contributed by atoms with Gasteiger partial charge in [0.15, 0.2) is 17.3 Å². The van der Waals surface area contributed by atoms with Gasteiger partial charge in [0.2, 0.25) is 5.91 Å². The second-order valence-corrected chi connectivity index (χ2v) is 8.24. The zero-order chi connectivity index (χ0) is 21.7. The molecule has 1 atom stereocenters. The molecule has 1 unspecified atom stereocenters. The van der Waals surface area contributed by atoms with Crippen molar-refractivity contribution in [1.29, 1.82) is 0 Å². The lowest BCUT2D eigenvalue weighted by atomic mass is 9.84. The van der Waals surface area contributed by atoms with Gasteiger partial charge in [0, 0.05) is 33.1 Å². The van der Waals surface area contributed by atoms with Crippen LogP contribution in [0.4, 0.5) is 0 Å². The Morgan fingerprint density at radius 3 is 2.70 bits per heavy atom. The van der Waals surface area contributed by atoms with Gasteiger partial charge in [0.1, 0.15) is 5.76 Å². The Hall–Kier alpha value is -2.70. The maximum absolute atomic E-state index is 12.8. The summed E-state index contributed by atoms with van der Waals surface area (Å²) in [7, 11) is 5.40. The minimum absolute atomic E-state index is 0.0952. The van der Waals surface area contributed by atoms with Gasteiger partial charge in [-0.1, -0.05) is 25.0 Å². The minimum atomic E-state index is -0.351. The van der Waals surface area contributed by atoms with E-state index in [0.717, 1.165) is 48.2 Å². The average Bonchev–Trinajstić information content (AvgIpc) is 3.39. The quantitative estimate of drug-likeness (QED) is 0.533. The summed E-state index contributed by atoms with van der Waals surface area (Å²) in [5, 5.41) is 7.77. The van der Waals surface area contributed by atoms with E-state index in [4.69, 9.17) is 9.15 Å². The van der Waals surface area contributed by atoms with Crippen LogP contribution in [0, 0.1) is 5.41 Å². The molecule has 30 heavy (non-hydrogen) atoms. The molecule has 2 aromatic rings. The Bertz CT molecular complexity index is 897. The number of guanidine groups is 1. The third-order valence-corrected chi connectivity index (χ3v) is 5.85. The lowest BCUT2D eigenvalue weighted by Crippen LogP contribution is -2.49. The predicted molar refractivity (Wildman–Crippen MR) is 120 cm³/mol. The van der Waals surface area contributed by atoms with Crippen molar-refractivity contribution >= 4 is 22.8 Å². The van der Waals surface area contributed by atoms with Crippen LogP contribution in [0.2, 0.25) is 0 Å². The number of rotatable bonds is 7. The van der Waals surface area contributed by atoms with Crippen molar-refractivity contribution in [2.24, 2.45) is 10.4 Å². The Morgan fingerprint density at radius 2 is 2.07 bits per heavy atom. The number of amides is 1. The maximum atomic E-state index is 12.8. The van der Waals surface area contributed by atoms with Gasteiger partial charge in [0.05, 0.1) is 18.1 Å². The van der Waals surface area contributed by atoms with Gasteiger partial charge in [-0.15, -0.1) is 0 Å². The van der Waals surface area contributed by atoms with Gasteiger partial charge >= 0.3 is 0 Å². The highest BCUT2D eigenvalue weighted by Crippen LogP contribution is 2.39. The summed E-state index contributed by atoms with van der Waals surface area (Å²) in [6, 6.07) is 7.83. The molecular weight excluding hydrogens is 380 g/mol. The highest BCUT2D eigenvalue weighted by Gasteiger charge is 2.42. The van der Waals surface area contributed by atoms with E-state index in [2.05, 4.69) is 15.6 Å². The third kappa shape index (κ3) is 4.55. The maximum Gasteiger partial charge on any atom is 0.230 e. The van der Waals surface area contributed by atoms with Crippen LogP contribution in [-0.4, -0.2) is 51.1 Å². The molecule has 7 heteroatoms. The second kappa shape index (κ2) is 9.41. The summed E-state index contributed by atoms with van der Waals surface area (Å²) in [5.41, 5.74) is 0.406. The number of carbonyl (C=O) groups is 1. The number of nitrogens with one attached hydrogen (secondary N) is 2. The van der Waals surface area contributed by atoms with E-state index in [9.17, 15) is 4.79 Å². The van der Waals surface area contributed by atoms with E-state index in [1.165, 1.54) is 0 Å². The molecule has 0 spiro atoms. The van der Waals surface area contributed by atoms with Gasteiger partial charge in [-0.3, -0.25) is 9.79 Å². The van der Waals surface area contributed by atoms with Crippen LogP contribution in [-0.2, 0) is 4.79 Å². The zero-order valence-electron chi connectivity index (χ0n) is 18.7. The fraction of sp³-hybridized carbons (Fsp3) is 0.565. The van der Waals surface area contributed by atoms with E-state index in [0.29, 0.717) is 19.1 Å². The molecular formula is C23H34N4O3. The molecule has 7 nitrogen and oxygen atoms in total. The van der Waals surface area contributed by atoms with E-state index in [-0.39, 0.29) is 17.4 Å². The van der Waals surface area contributed by atoms with Crippen molar-refractivity contribution < 1.29 is 13.9 Å². The Kier molecular flexibility index (Phi) is 6.90. The molecule has 1 heterocycles. The largest absolute Gasteiger partial charge is 0.490 e. The van der Waals surface area contributed by atoms with E-state index in [1.54, 1.807) is 11.9 Å². The Labute approximate surface area is 178 Å². The van der Waals surface area contributed by atoms with Crippen LogP contribution in [0.5, 0.6) is 5.75 Å². The molecule has 164 valence electrons. The molecule has 1 aromatic carbocycles. The van der Waals surface area contributed by atoms with Gasteiger partial charge in [-0.2, -0.15) is 0 Å². The molecule has 1 amide bonds. The van der Waals surface area contributed by atoms with Crippen molar-refractivity contribution in [1.82, 2.24) is 15.5 Å². The molecule has 0 aliphatic heterocycles. The van der Waals surface area contributed by atoms with Gasteiger partial charge in [-0.05, 0) is 38.8 Å². The fourth-order valence-corrected chi connectivity index (χ4v) is 4.25. The summed E-state index contributed by atoms with van der Waals surface area (Å²) in [6.07, 6.45) is 4.00. The van der Waals surface area contributed by atoms with Gasteiger partial charge < -0.3 is 24.7 Å². The summed E-state index contributed by atoms with van der Waals surface area (Å²) in [4.78, 5) is 18.9. The molecule has 1 aliphatic carbocycles. The first kappa shape index (κ1) is 22.0. The molecule has 0 saturated heterocycles. The molecule has 0 radical (unpaired) electrons. The van der Waals surface area contributed by atoms with E-state index >= 15 is 0 Å². The van der Waals surface area contributed by atoms with Crippen LogP contribution in [0.25, 0.3) is 11.0 Å². The first-order valence-electron chi connectivity index (χ1n) is 10.7. The van der Waals surface area contributed by atoms with Crippen molar-refractivity contribution in [2.75, 3.05) is 34.3 Å². The lowest BCUT2D eigenvalue weighted by Gasteiger charge is -2.31. The van der Waals surface area contributed by atoms with Crippen molar-refractivity contribution in [3.8, 4) is 5.75 Å². The van der Waals surface area contributed by atoms with Crippen molar-refractivity contribution in [2.45, 2.75) is 45.6 Å². The number of hydrogen-bond acceptors (Lipinski definition) is 4. The zero-order valence-corrected chi connectivity index (χ0v) is 18.7. The van der Waals surface area contributed by atoms with Crippen LogP contribution in [0.3, 0.4) is 0 Å². The highest BCUT2D eigenvalue weighted by atomic mass is 16.5. The standard InChI is InChI=1S/C23H34N4O3/c1-6-29-18-11-9-10-17-14-19(30-20(17)18)16(2)26-22(24-3)25-15-23(12-7-8-13-23)21(28)27(4)5/h9-11,14,16H,6-8,12-13,15H2,1-5H3,(H2,24,25,26). The van der Waals surface area contributed by atoms with Crippen LogP contribution in [0.15, 0.2) is 33.7 Å². The van der Waals surface area contributed by atoms with E-state index in [1.807, 2.05) is 52.2 Å². The van der Waals surface area contributed by atoms with Crippen molar-refractivity contribution in [3.05, 3.63) is 30.0 Å². The number of carbonyl (C=O) groups excluding carboxylic acids is 1. The number of fused-ring (bicyclic) bond motifs is 1. The number of hydrogen-bond donors (Lipinski definition) is 2. The SMILES string of the molecule is CCOc1cccc2cc(C(C)NC(=NC)NCC3(C(=O)N(C)C)CCCC3)oc12. The number of ether oxygens (including phenoxy) is 1. The average molecular weight is 415 g/mol. The number of benzene rings is 1. The summed E-state index contributed by atoms with van der Waals surface area (Å²) in [5.74, 6) is 2.41. The monoisotopic (exact) mass is 414 g/mol. The smallest absolute Gasteiger partial charge is 0.230 e. The summed E-state index contributed by atoms with van der Waals surface area (Å²) in [6.45, 7) is 5.15.